The first kappa shape index (κ1) is 11.2. The fourth-order valence-electron chi connectivity index (χ4n) is 2.84. The lowest BCUT2D eigenvalue weighted by Crippen LogP contribution is -2.15. The highest BCUT2D eigenvalue weighted by atomic mass is 16.5. The molecule has 0 aliphatic carbocycles. The van der Waals surface area contributed by atoms with Crippen molar-refractivity contribution in [3.8, 4) is 0 Å². The summed E-state index contributed by atoms with van der Waals surface area (Å²) in [5.41, 5.74) is 0. The number of nitrogens with one attached hydrogen (secondary N) is 1. The van der Waals surface area contributed by atoms with Crippen LogP contribution in [0.15, 0.2) is 4.52 Å². The first-order valence-electron chi connectivity index (χ1n) is 6.55. The fraction of sp³-hybridized carbons (Fsp3) is 0.833. The zero-order valence-electron chi connectivity index (χ0n) is 10.4. The summed E-state index contributed by atoms with van der Waals surface area (Å²) < 4.78 is 5.35. The minimum atomic E-state index is 0.318. The van der Waals surface area contributed by atoms with Crippen LogP contribution in [-0.4, -0.2) is 41.7 Å². The largest absolute Gasteiger partial charge is 0.339 e. The minimum Gasteiger partial charge on any atom is -0.339 e. The van der Waals surface area contributed by atoms with Crippen molar-refractivity contribution >= 4 is 0 Å². The van der Waals surface area contributed by atoms with E-state index in [1.54, 1.807) is 0 Å². The summed E-state index contributed by atoms with van der Waals surface area (Å²) in [6.07, 6.45) is 4.52. The standard InChI is InChI=1S/C12H20N4O/c1-16-6-4-9(8-16)7-11-14-12(15-17-11)10-3-2-5-13-10/h9-10,13H,2-8H2,1H3. The van der Waals surface area contributed by atoms with Crippen molar-refractivity contribution in [2.75, 3.05) is 26.7 Å². The first-order valence-corrected chi connectivity index (χ1v) is 6.55. The lowest BCUT2D eigenvalue weighted by molar-refractivity contribution is 0.338. The summed E-state index contributed by atoms with van der Waals surface area (Å²) in [4.78, 5) is 6.88. The summed E-state index contributed by atoms with van der Waals surface area (Å²) in [5, 5.41) is 7.49. The Kier molecular flexibility index (Phi) is 3.11. The predicted molar refractivity (Wildman–Crippen MR) is 63.6 cm³/mol. The van der Waals surface area contributed by atoms with Gasteiger partial charge in [0.2, 0.25) is 5.89 Å². The number of likely N-dealkylation sites (tertiary alicyclic amines) is 1. The molecular weight excluding hydrogens is 216 g/mol. The molecule has 0 saturated carbocycles. The molecule has 0 aromatic carbocycles. The van der Waals surface area contributed by atoms with Gasteiger partial charge in [0.15, 0.2) is 5.82 Å². The van der Waals surface area contributed by atoms with Crippen molar-refractivity contribution in [1.82, 2.24) is 20.4 Å². The molecule has 1 aromatic heterocycles. The molecule has 1 aromatic rings. The Bertz CT molecular complexity index is 372. The Balaban J connectivity index is 1.60. The van der Waals surface area contributed by atoms with Gasteiger partial charge in [-0.15, -0.1) is 0 Å². The number of hydrogen-bond donors (Lipinski definition) is 1. The maximum atomic E-state index is 5.35. The zero-order valence-corrected chi connectivity index (χ0v) is 10.4. The molecule has 0 radical (unpaired) electrons. The van der Waals surface area contributed by atoms with E-state index >= 15 is 0 Å². The SMILES string of the molecule is CN1CCC(Cc2nc(C3CCCN3)no2)C1. The topological polar surface area (TPSA) is 54.2 Å². The number of hydrogen-bond acceptors (Lipinski definition) is 5. The van der Waals surface area contributed by atoms with Gasteiger partial charge in [-0.2, -0.15) is 4.98 Å². The van der Waals surface area contributed by atoms with Gasteiger partial charge in [-0.25, -0.2) is 0 Å². The first-order chi connectivity index (χ1) is 8.31. The fourth-order valence-corrected chi connectivity index (χ4v) is 2.84. The third kappa shape index (κ3) is 2.50. The highest BCUT2D eigenvalue weighted by Gasteiger charge is 2.25. The van der Waals surface area contributed by atoms with E-state index in [0.717, 1.165) is 37.6 Å². The average molecular weight is 236 g/mol. The van der Waals surface area contributed by atoms with Crippen LogP contribution in [0.3, 0.4) is 0 Å². The van der Waals surface area contributed by atoms with Gasteiger partial charge in [0.1, 0.15) is 0 Å². The summed E-state index contributed by atoms with van der Waals surface area (Å²) in [6, 6.07) is 0.318. The van der Waals surface area contributed by atoms with E-state index in [2.05, 4.69) is 27.4 Å². The molecule has 0 bridgehead atoms. The van der Waals surface area contributed by atoms with Gasteiger partial charge in [0, 0.05) is 13.0 Å². The summed E-state index contributed by atoms with van der Waals surface area (Å²) >= 11 is 0. The molecule has 0 spiro atoms. The molecular formula is C12H20N4O. The van der Waals surface area contributed by atoms with Crippen LogP contribution in [0, 0.1) is 5.92 Å². The van der Waals surface area contributed by atoms with Crippen LogP contribution in [0.2, 0.25) is 0 Å². The van der Waals surface area contributed by atoms with Crippen LogP contribution in [0.25, 0.3) is 0 Å². The highest BCUT2D eigenvalue weighted by Crippen LogP contribution is 2.22. The summed E-state index contributed by atoms with van der Waals surface area (Å²) in [6.45, 7) is 3.41. The Labute approximate surface area is 102 Å². The van der Waals surface area contributed by atoms with Crippen molar-refractivity contribution < 1.29 is 4.52 Å². The van der Waals surface area contributed by atoms with Crippen LogP contribution in [0.1, 0.15) is 37.0 Å². The second-order valence-corrected chi connectivity index (χ2v) is 5.32. The molecule has 2 fully saturated rings. The van der Waals surface area contributed by atoms with E-state index in [9.17, 15) is 0 Å². The Morgan fingerprint density at radius 2 is 2.41 bits per heavy atom. The monoisotopic (exact) mass is 236 g/mol. The smallest absolute Gasteiger partial charge is 0.227 e. The van der Waals surface area contributed by atoms with Crippen molar-refractivity contribution in [2.24, 2.45) is 5.92 Å². The van der Waals surface area contributed by atoms with E-state index in [1.165, 1.54) is 19.4 Å². The molecule has 2 unspecified atom stereocenters. The van der Waals surface area contributed by atoms with Gasteiger partial charge in [-0.05, 0) is 45.3 Å². The summed E-state index contributed by atoms with van der Waals surface area (Å²) in [7, 11) is 2.17. The van der Waals surface area contributed by atoms with Crippen molar-refractivity contribution in [3.63, 3.8) is 0 Å². The van der Waals surface area contributed by atoms with Gasteiger partial charge in [0.25, 0.3) is 0 Å². The summed E-state index contributed by atoms with van der Waals surface area (Å²) in [5.74, 6) is 2.35. The van der Waals surface area contributed by atoms with Crippen molar-refractivity contribution in [2.45, 2.75) is 31.7 Å². The van der Waals surface area contributed by atoms with Gasteiger partial charge in [-0.1, -0.05) is 5.16 Å². The number of nitrogens with zero attached hydrogens (tertiary/aromatic N) is 3. The quantitative estimate of drug-likeness (QED) is 0.848. The molecule has 2 atom stereocenters. The van der Waals surface area contributed by atoms with Crippen molar-refractivity contribution in [3.05, 3.63) is 11.7 Å². The molecule has 0 amide bonds. The normalized spacial score (nSPS) is 30.2. The average Bonchev–Trinajstić information content (AvgIpc) is 3.00. The second-order valence-electron chi connectivity index (χ2n) is 5.32. The Hall–Kier alpha value is -0.940. The van der Waals surface area contributed by atoms with E-state index < -0.39 is 0 Å². The number of aromatic nitrogens is 2. The van der Waals surface area contributed by atoms with Crippen LogP contribution in [0.4, 0.5) is 0 Å². The number of rotatable bonds is 3. The highest BCUT2D eigenvalue weighted by molar-refractivity contribution is 4.97. The lowest BCUT2D eigenvalue weighted by Gasteiger charge is -2.07. The Morgan fingerprint density at radius 3 is 3.12 bits per heavy atom. The van der Waals surface area contributed by atoms with E-state index in [1.807, 2.05) is 0 Å². The second kappa shape index (κ2) is 4.74. The van der Waals surface area contributed by atoms with Crippen LogP contribution >= 0.6 is 0 Å². The predicted octanol–water partition coefficient (Wildman–Crippen LogP) is 0.988. The third-order valence-corrected chi connectivity index (χ3v) is 3.81. The van der Waals surface area contributed by atoms with E-state index in [4.69, 9.17) is 4.52 Å². The van der Waals surface area contributed by atoms with E-state index in [0.29, 0.717) is 12.0 Å². The maximum absolute atomic E-state index is 5.35. The van der Waals surface area contributed by atoms with Crippen LogP contribution < -0.4 is 5.32 Å². The molecule has 5 nitrogen and oxygen atoms in total. The van der Waals surface area contributed by atoms with Gasteiger partial charge in [-0.3, -0.25) is 0 Å². The van der Waals surface area contributed by atoms with Gasteiger partial charge >= 0.3 is 0 Å². The molecule has 94 valence electrons. The molecule has 2 aliphatic heterocycles. The molecule has 3 heterocycles. The maximum Gasteiger partial charge on any atom is 0.227 e. The van der Waals surface area contributed by atoms with Crippen LogP contribution in [0.5, 0.6) is 0 Å². The minimum absolute atomic E-state index is 0.318. The van der Waals surface area contributed by atoms with Crippen LogP contribution in [-0.2, 0) is 6.42 Å². The molecule has 3 rings (SSSR count). The molecule has 2 aliphatic rings. The van der Waals surface area contributed by atoms with Crippen molar-refractivity contribution in [1.29, 1.82) is 0 Å². The molecule has 17 heavy (non-hydrogen) atoms. The molecule has 5 heteroatoms. The Morgan fingerprint density at radius 1 is 1.47 bits per heavy atom. The third-order valence-electron chi connectivity index (χ3n) is 3.81. The molecule has 2 saturated heterocycles. The van der Waals surface area contributed by atoms with Gasteiger partial charge in [0.05, 0.1) is 6.04 Å². The molecule has 1 N–H and O–H groups in total. The zero-order chi connectivity index (χ0) is 11.7. The van der Waals surface area contributed by atoms with E-state index in [-0.39, 0.29) is 0 Å². The lowest BCUT2D eigenvalue weighted by atomic mass is 10.1. The van der Waals surface area contributed by atoms with Gasteiger partial charge < -0.3 is 14.7 Å².